The number of anilines is 1. The molecule has 4 aromatic heterocycles. The lowest BCUT2D eigenvalue weighted by molar-refractivity contribution is 1.01. The van der Waals surface area contributed by atoms with E-state index in [0.717, 1.165) is 39.7 Å². The number of hydrogen-bond acceptors (Lipinski definition) is 5. The molecule has 0 aliphatic carbocycles. The summed E-state index contributed by atoms with van der Waals surface area (Å²) < 4.78 is 2.09. The lowest BCUT2D eigenvalue weighted by Crippen LogP contribution is -2.07. The van der Waals surface area contributed by atoms with Crippen molar-refractivity contribution in [3.63, 3.8) is 0 Å². The van der Waals surface area contributed by atoms with Gasteiger partial charge in [-0.25, -0.2) is 15.0 Å². The molecule has 0 amide bonds. The van der Waals surface area contributed by atoms with Crippen LogP contribution in [-0.4, -0.2) is 24.3 Å². The molecule has 4 rings (SSSR count). The van der Waals surface area contributed by atoms with Gasteiger partial charge in [0.25, 0.3) is 0 Å². The average molecular weight is 344 g/mol. The molecular weight excluding hydrogens is 324 g/mol. The maximum Gasteiger partial charge on any atom is 0.163 e. The number of hydrogen-bond donors (Lipinski definition) is 1. The molecule has 0 aromatic carbocycles. The molecule has 0 radical (unpaired) electrons. The van der Waals surface area contributed by atoms with Crippen molar-refractivity contribution in [3.05, 3.63) is 71.6 Å². The largest absolute Gasteiger partial charge is 0.364 e. The molecule has 0 bridgehead atoms. The van der Waals surface area contributed by atoms with Crippen LogP contribution in [0.3, 0.4) is 0 Å². The second-order valence-electron chi connectivity index (χ2n) is 6.33. The van der Waals surface area contributed by atoms with E-state index in [1.54, 1.807) is 12.4 Å². The Kier molecular flexibility index (Phi) is 4.08. The highest BCUT2D eigenvalue weighted by Gasteiger charge is 2.11. The standard InChI is InChI=1S/C20H20N6/c1-13-6-4-8-18-24-17(12-26(13)18)11-22-19-14(2)15(3)23-20(25-19)16-7-5-9-21-10-16/h4-10,12H,11H2,1-3H3,(H,22,23,25). The molecular formula is C20H20N6. The first-order valence-electron chi connectivity index (χ1n) is 8.55. The number of pyridine rings is 2. The van der Waals surface area contributed by atoms with Crippen LogP contribution in [-0.2, 0) is 6.54 Å². The van der Waals surface area contributed by atoms with Gasteiger partial charge in [-0.15, -0.1) is 0 Å². The van der Waals surface area contributed by atoms with E-state index in [1.165, 1.54) is 0 Å². The molecule has 0 fully saturated rings. The first-order valence-corrected chi connectivity index (χ1v) is 8.55. The fourth-order valence-electron chi connectivity index (χ4n) is 2.88. The minimum atomic E-state index is 0.602. The summed E-state index contributed by atoms with van der Waals surface area (Å²) in [4.78, 5) is 18.1. The van der Waals surface area contributed by atoms with Crippen LogP contribution in [0.5, 0.6) is 0 Å². The van der Waals surface area contributed by atoms with E-state index < -0.39 is 0 Å². The number of nitrogens with one attached hydrogen (secondary N) is 1. The van der Waals surface area contributed by atoms with Gasteiger partial charge in [-0.1, -0.05) is 6.07 Å². The summed E-state index contributed by atoms with van der Waals surface area (Å²) in [5.41, 5.74) is 5.98. The van der Waals surface area contributed by atoms with E-state index in [-0.39, 0.29) is 0 Å². The van der Waals surface area contributed by atoms with Gasteiger partial charge in [-0.3, -0.25) is 4.98 Å². The lowest BCUT2D eigenvalue weighted by atomic mass is 10.2. The molecule has 0 aliphatic rings. The van der Waals surface area contributed by atoms with Crippen molar-refractivity contribution in [2.75, 3.05) is 5.32 Å². The van der Waals surface area contributed by atoms with Crippen molar-refractivity contribution in [3.8, 4) is 11.4 Å². The van der Waals surface area contributed by atoms with E-state index in [2.05, 4.69) is 43.9 Å². The van der Waals surface area contributed by atoms with Gasteiger partial charge in [0, 0.05) is 41.1 Å². The first-order chi connectivity index (χ1) is 12.6. The Morgan fingerprint density at radius 2 is 1.88 bits per heavy atom. The summed E-state index contributed by atoms with van der Waals surface area (Å²) in [5.74, 6) is 1.50. The summed E-state index contributed by atoms with van der Waals surface area (Å²) in [6, 6.07) is 9.96. The van der Waals surface area contributed by atoms with Gasteiger partial charge < -0.3 is 9.72 Å². The SMILES string of the molecule is Cc1nc(-c2cccnc2)nc(NCc2cn3c(C)cccc3n2)c1C. The molecule has 4 heterocycles. The van der Waals surface area contributed by atoms with Gasteiger partial charge >= 0.3 is 0 Å². The molecule has 4 aromatic rings. The quantitative estimate of drug-likeness (QED) is 0.611. The van der Waals surface area contributed by atoms with Crippen LogP contribution in [0.2, 0.25) is 0 Å². The maximum atomic E-state index is 4.69. The van der Waals surface area contributed by atoms with Crippen molar-refractivity contribution >= 4 is 11.5 Å². The summed E-state index contributed by atoms with van der Waals surface area (Å²) >= 11 is 0. The summed E-state index contributed by atoms with van der Waals surface area (Å²) in [6.45, 7) is 6.70. The van der Waals surface area contributed by atoms with Crippen LogP contribution >= 0.6 is 0 Å². The Hall–Kier alpha value is -3.28. The highest BCUT2D eigenvalue weighted by atomic mass is 15.1. The molecule has 0 saturated carbocycles. The fraction of sp³-hybridized carbons (Fsp3) is 0.200. The zero-order valence-electron chi connectivity index (χ0n) is 15.1. The van der Waals surface area contributed by atoms with Crippen LogP contribution in [0.15, 0.2) is 48.9 Å². The third-order valence-electron chi connectivity index (χ3n) is 4.49. The van der Waals surface area contributed by atoms with Gasteiger partial charge in [0.05, 0.1) is 12.2 Å². The third kappa shape index (κ3) is 3.01. The summed E-state index contributed by atoms with van der Waals surface area (Å²) in [5, 5.41) is 3.41. The second kappa shape index (κ2) is 6.55. The Morgan fingerprint density at radius 1 is 1.00 bits per heavy atom. The molecule has 130 valence electrons. The van der Waals surface area contributed by atoms with E-state index in [1.807, 2.05) is 38.1 Å². The number of nitrogens with zero attached hydrogens (tertiary/aromatic N) is 5. The van der Waals surface area contributed by atoms with E-state index in [4.69, 9.17) is 4.98 Å². The van der Waals surface area contributed by atoms with Crippen molar-refractivity contribution in [1.82, 2.24) is 24.3 Å². The minimum absolute atomic E-state index is 0.602. The van der Waals surface area contributed by atoms with Crippen LogP contribution in [0.1, 0.15) is 22.6 Å². The van der Waals surface area contributed by atoms with Crippen LogP contribution in [0.4, 0.5) is 5.82 Å². The highest BCUT2D eigenvalue weighted by molar-refractivity contribution is 5.58. The number of aromatic nitrogens is 5. The summed E-state index contributed by atoms with van der Waals surface area (Å²) in [6.07, 6.45) is 5.58. The van der Waals surface area contributed by atoms with Gasteiger partial charge in [-0.05, 0) is 45.0 Å². The van der Waals surface area contributed by atoms with Gasteiger partial charge in [0.15, 0.2) is 5.82 Å². The number of fused-ring (bicyclic) bond motifs is 1. The number of aryl methyl sites for hydroxylation is 2. The van der Waals surface area contributed by atoms with Crippen LogP contribution in [0.25, 0.3) is 17.0 Å². The minimum Gasteiger partial charge on any atom is -0.364 e. The number of rotatable bonds is 4. The first kappa shape index (κ1) is 16.2. The van der Waals surface area contributed by atoms with Crippen molar-refractivity contribution in [2.24, 2.45) is 0 Å². The molecule has 0 unspecified atom stereocenters. The lowest BCUT2D eigenvalue weighted by Gasteiger charge is -2.11. The predicted molar refractivity (Wildman–Crippen MR) is 102 cm³/mol. The molecule has 6 heteroatoms. The van der Waals surface area contributed by atoms with Gasteiger partial charge in [0.2, 0.25) is 0 Å². The van der Waals surface area contributed by atoms with E-state index >= 15 is 0 Å². The molecule has 0 atom stereocenters. The third-order valence-corrected chi connectivity index (χ3v) is 4.49. The van der Waals surface area contributed by atoms with Crippen molar-refractivity contribution in [1.29, 1.82) is 0 Å². The smallest absolute Gasteiger partial charge is 0.163 e. The van der Waals surface area contributed by atoms with Gasteiger partial charge in [-0.2, -0.15) is 0 Å². The average Bonchev–Trinajstić information content (AvgIpc) is 3.08. The Labute approximate surface area is 152 Å². The molecule has 0 aliphatic heterocycles. The molecule has 0 saturated heterocycles. The summed E-state index contributed by atoms with van der Waals surface area (Å²) in [7, 11) is 0. The zero-order chi connectivity index (χ0) is 18.1. The van der Waals surface area contributed by atoms with E-state index in [0.29, 0.717) is 12.4 Å². The predicted octanol–water partition coefficient (Wildman–Crippen LogP) is 3.72. The molecule has 6 nitrogen and oxygen atoms in total. The molecule has 26 heavy (non-hydrogen) atoms. The molecule has 1 N–H and O–H groups in total. The van der Waals surface area contributed by atoms with Crippen LogP contribution in [0, 0.1) is 20.8 Å². The Bertz CT molecular complexity index is 1070. The fourth-order valence-corrected chi connectivity index (χ4v) is 2.88. The maximum absolute atomic E-state index is 4.69. The Morgan fingerprint density at radius 3 is 2.65 bits per heavy atom. The zero-order valence-corrected chi connectivity index (χ0v) is 15.1. The van der Waals surface area contributed by atoms with E-state index in [9.17, 15) is 0 Å². The monoisotopic (exact) mass is 344 g/mol. The molecule has 0 spiro atoms. The van der Waals surface area contributed by atoms with Crippen molar-refractivity contribution in [2.45, 2.75) is 27.3 Å². The second-order valence-corrected chi connectivity index (χ2v) is 6.33. The number of imidazole rings is 1. The van der Waals surface area contributed by atoms with Crippen molar-refractivity contribution < 1.29 is 0 Å². The van der Waals surface area contributed by atoms with Gasteiger partial charge in [0.1, 0.15) is 11.5 Å². The Balaban J connectivity index is 1.63. The normalized spacial score (nSPS) is 11.0. The highest BCUT2D eigenvalue weighted by Crippen LogP contribution is 2.21. The topological polar surface area (TPSA) is 68.0 Å². The van der Waals surface area contributed by atoms with Crippen LogP contribution < -0.4 is 5.32 Å².